The third-order valence-electron chi connectivity index (χ3n) is 6.21. The van der Waals surface area contributed by atoms with Crippen LogP contribution in [0.4, 0.5) is 4.39 Å². The van der Waals surface area contributed by atoms with E-state index >= 15 is 0 Å². The molecule has 2 aromatic carbocycles. The number of carbonyl (C=O) groups is 2. The van der Waals surface area contributed by atoms with Crippen LogP contribution in [0.3, 0.4) is 0 Å². The van der Waals surface area contributed by atoms with Gasteiger partial charge in [0, 0.05) is 33.4 Å². The Bertz CT molecular complexity index is 1230. The van der Waals surface area contributed by atoms with Gasteiger partial charge in [-0.3, -0.25) is 4.79 Å². The van der Waals surface area contributed by atoms with Crippen molar-refractivity contribution in [3.8, 4) is 5.75 Å². The van der Waals surface area contributed by atoms with E-state index in [1.807, 2.05) is 19.1 Å². The Labute approximate surface area is 207 Å². The lowest BCUT2D eigenvalue weighted by atomic mass is 9.68. The molecule has 2 aromatic rings. The fourth-order valence-electron chi connectivity index (χ4n) is 4.79. The highest BCUT2D eigenvalue weighted by Gasteiger charge is 2.44. The van der Waals surface area contributed by atoms with Crippen molar-refractivity contribution in [2.45, 2.75) is 46.1 Å². The third-order valence-corrected chi connectivity index (χ3v) is 6.70. The zero-order valence-electron chi connectivity index (χ0n) is 19.6. The van der Waals surface area contributed by atoms with Crippen molar-refractivity contribution in [1.82, 2.24) is 5.32 Å². The maximum atomic E-state index is 13.7. The summed E-state index contributed by atoms with van der Waals surface area (Å²) < 4.78 is 25.7. The molecule has 0 radical (unpaired) electrons. The molecule has 34 heavy (non-hydrogen) atoms. The summed E-state index contributed by atoms with van der Waals surface area (Å²) in [5.74, 6) is -0.985. The highest BCUT2D eigenvalue weighted by atomic mass is 79.9. The highest BCUT2D eigenvalue weighted by Crippen LogP contribution is 2.49. The molecule has 7 heteroatoms. The number of hydrogen-bond donors (Lipinski definition) is 1. The van der Waals surface area contributed by atoms with Crippen molar-refractivity contribution in [1.29, 1.82) is 0 Å². The van der Waals surface area contributed by atoms with E-state index in [0.717, 1.165) is 10.2 Å². The number of esters is 1. The van der Waals surface area contributed by atoms with E-state index in [1.165, 1.54) is 19.2 Å². The van der Waals surface area contributed by atoms with Gasteiger partial charge in [0.15, 0.2) is 5.78 Å². The van der Waals surface area contributed by atoms with Crippen LogP contribution in [0.5, 0.6) is 5.75 Å². The van der Waals surface area contributed by atoms with Gasteiger partial charge in [-0.25, -0.2) is 9.18 Å². The highest BCUT2D eigenvalue weighted by molar-refractivity contribution is 9.10. The van der Waals surface area contributed by atoms with Gasteiger partial charge in [-0.1, -0.05) is 41.9 Å². The Balaban J connectivity index is 1.84. The first-order valence-corrected chi connectivity index (χ1v) is 11.9. The minimum absolute atomic E-state index is 0.00582. The number of nitrogens with one attached hydrogen (secondary N) is 1. The van der Waals surface area contributed by atoms with E-state index in [2.05, 4.69) is 35.1 Å². The number of benzene rings is 2. The molecule has 0 fully saturated rings. The predicted molar refractivity (Wildman–Crippen MR) is 131 cm³/mol. The van der Waals surface area contributed by atoms with Crippen LogP contribution in [0.15, 0.2) is 69.5 Å². The van der Waals surface area contributed by atoms with E-state index in [-0.39, 0.29) is 23.6 Å². The van der Waals surface area contributed by atoms with Gasteiger partial charge in [-0.2, -0.15) is 0 Å². The number of hydrogen-bond acceptors (Lipinski definition) is 5. The fraction of sp³-hybridized carbons (Fsp3) is 0.333. The maximum absolute atomic E-state index is 13.7. The van der Waals surface area contributed by atoms with E-state index in [4.69, 9.17) is 9.47 Å². The summed E-state index contributed by atoms with van der Waals surface area (Å²) in [6, 6.07) is 11.7. The Kier molecular flexibility index (Phi) is 6.67. The van der Waals surface area contributed by atoms with Crippen molar-refractivity contribution < 1.29 is 23.5 Å². The number of rotatable bonds is 5. The largest absolute Gasteiger partial charge is 0.489 e. The Morgan fingerprint density at radius 2 is 1.97 bits per heavy atom. The molecule has 1 N–H and O–H groups in total. The average Bonchev–Trinajstić information content (AvgIpc) is 2.76. The second kappa shape index (κ2) is 9.37. The molecule has 2 aliphatic rings. The van der Waals surface area contributed by atoms with Crippen molar-refractivity contribution >= 4 is 27.7 Å². The van der Waals surface area contributed by atoms with Gasteiger partial charge in [-0.05, 0) is 54.7 Å². The molecule has 1 atom stereocenters. The second-order valence-electron chi connectivity index (χ2n) is 9.52. The van der Waals surface area contributed by atoms with Crippen molar-refractivity contribution in [3.05, 3.63) is 86.4 Å². The Morgan fingerprint density at radius 3 is 2.68 bits per heavy atom. The van der Waals surface area contributed by atoms with Crippen molar-refractivity contribution in [2.24, 2.45) is 5.41 Å². The molecule has 178 valence electrons. The normalized spacial score (nSPS) is 19.5. The van der Waals surface area contributed by atoms with E-state index in [9.17, 15) is 14.0 Å². The number of methoxy groups -OCH3 is 1. The smallest absolute Gasteiger partial charge is 0.336 e. The molecule has 1 aliphatic heterocycles. The fourth-order valence-corrected chi connectivity index (χ4v) is 5.17. The first-order chi connectivity index (χ1) is 16.1. The molecule has 5 nitrogen and oxygen atoms in total. The van der Waals surface area contributed by atoms with E-state index < -0.39 is 11.9 Å². The second-order valence-corrected chi connectivity index (χ2v) is 10.4. The molecular formula is C27H27BrFNO4. The zero-order chi connectivity index (χ0) is 24.6. The van der Waals surface area contributed by atoms with Gasteiger partial charge in [0.05, 0.1) is 18.6 Å². The monoisotopic (exact) mass is 527 g/mol. The van der Waals surface area contributed by atoms with Crippen LogP contribution in [0.1, 0.15) is 50.7 Å². The quantitative estimate of drug-likeness (QED) is 0.487. The van der Waals surface area contributed by atoms with E-state index in [0.29, 0.717) is 46.6 Å². The Morgan fingerprint density at radius 1 is 1.21 bits per heavy atom. The molecule has 0 saturated heterocycles. The number of Topliss-reactive ketones (excluding diaryl/α,β-unsaturated/α-hetero) is 1. The molecule has 0 aromatic heterocycles. The van der Waals surface area contributed by atoms with Gasteiger partial charge in [0.2, 0.25) is 0 Å². The lowest BCUT2D eigenvalue weighted by Crippen LogP contribution is -2.38. The summed E-state index contributed by atoms with van der Waals surface area (Å²) in [5.41, 5.74) is 3.58. The standard InChI is InChI=1S/C27H27BrFNO4/c1-15-23(26(32)33-4)24(25-20(30-15)12-27(2,3)13-21(25)31)19-11-17(28)8-9-22(19)34-14-16-6-5-7-18(29)10-16/h5-11,24,30H,12-14H2,1-4H3/t24-/m1/s1. The minimum atomic E-state index is -0.646. The molecule has 0 saturated carbocycles. The van der Waals surface area contributed by atoms with Gasteiger partial charge in [0.25, 0.3) is 0 Å². The van der Waals surface area contributed by atoms with Crippen LogP contribution in [0.2, 0.25) is 0 Å². The van der Waals surface area contributed by atoms with E-state index in [1.54, 1.807) is 18.2 Å². The maximum Gasteiger partial charge on any atom is 0.336 e. The first-order valence-electron chi connectivity index (χ1n) is 11.1. The summed E-state index contributed by atoms with van der Waals surface area (Å²) >= 11 is 3.52. The molecular weight excluding hydrogens is 501 g/mol. The zero-order valence-corrected chi connectivity index (χ0v) is 21.2. The summed E-state index contributed by atoms with van der Waals surface area (Å²) in [4.78, 5) is 26.4. The summed E-state index contributed by atoms with van der Waals surface area (Å²) in [5, 5.41) is 3.31. The minimum Gasteiger partial charge on any atom is -0.489 e. The molecule has 0 bridgehead atoms. The van der Waals surface area contributed by atoms with Crippen LogP contribution in [0.25, 0.3) is 0 Å². The first kappa shape index (κ1) is 24.2. The molecule has 0 amide bonds. The number of ether oxygens (including phenoxy) is 2. The van der Waals surface area contributed by atoms with Crippen LogP contribution >= 0.6 is 15.9 Å². The molecule has 1 aliphatic carbocycles. The summed E-state index contributed by atoms with van der Waals surface area (Å²) in [6.45, 7) is 6.08. The number of ketones is 1. The molecule has 0 unspecified atom stereocenters. The molecule has 1 heterocycles. The number of allylic oxidation sites excluding steroid dienone is 3. The average molecular weight is 528 g/mol. The predicted octanol–water partition coefficient (Wildman–Crippen LogP) is 5.94. The topological polar surface area (TPSA) is 64.6 Å². The third kappa shape index (κ3) is 4.80. The summed E-state index contributed by atoms with van der Waals surface area (Å²) in [6.07, 6.45) is 1.06. The van der Waals surface area contributed by atoms with Crippen LogP contribution in [-0.4, -0.2) is 18.9 Å². The molecule has 4 rings (SSSR count). The van der Waals surface area contributed by atoms with Crippen LogP contribution in [-0.2, 0) is 20.9 Å². The number of dihydropyridines is 1. The number of carbonyl (C=O) groups excluding carboxylic acids is 2. The van der Waals surface area contributed by atoms with Crippen LogP contribution in [0, 0.1) is 11.2 Å². The van der Waals surface area contributed by atoms with Gasteiger partial charge in [-0.15, -0.1) is 0 Å². The van der Waals surface area contributed by atoms with Gasteiger partial charge >= 0.3 is 5.97 Å². The van der Waals surface area contributed by atoms with Crippen molar-refractivity contribution in [2.75, 3.05) is 7.11 Å². The molecule has 0 spiro atoms. The van der Waals surface area contributed by atoms with Gasteiger partial charge in [0.1, 0.15) is 18.2 Å². The Hall–Kier alpha value is -2.93. The number of halogens is 2. The lowest BCUT2D eigenvalue weighted by molar-refractivity contribution is -0.136. The lowest BCUT2D eigenvalue weighted by Gasteiger charge is -2.39. The SMILES string of the molecule is COC(=O)C1=C(C)NC2=C(C(=O)CC(C)(C)C2)[C@@H]1c1cc(Br)ccc1OCc1cccc(F)c1. The van der Waals surface area contributed by atoms with Crippen LogP contribution < -0.4 is 10.1 Å². The van der Waals surface area contributed by atoms with Gasteiger partial charge < -0.3 is 14.8 Å². The summed E-state index contributed by atoms with van der Waals surface area (Å²) in [7, 11) is 1.33. The van der Waals surface area contributed by atoms with Crippen molar-refractivity contribution in [3.63, 3.8) is 0 Å².